The highest BCUT2D eigenvalue weighted by molar-refractivity contribution is 9.10. The number of carbonyl (C=O) groups is 1. The Labute approximate surface area is 174 Å². The molecule has 0 saturated heterocycles. The predicted molar refractivity (Wildman–Crippen MR) is 118 cm³/mol. The molecule has 0 bridgehead atoms. The van der Waals surface area contributed by atoms with Crippen LogP contribution in [-0.2, 0) is 10.5 Å². The van der Waals surface area contributed by atoms with Crippen LogP contribution in [0.4, 0.5) is 5.69 Å². The van der Waals surface area contributed by atoms with Gasteiger partial charge >= 0.3 is 0 Å². The Morgan fingerprint density at radius 2 is 2.11 bits per heavy atom. The first-order chi connectivity index (χ1) is 12.8. The summed E-state index contributed by atoms with van der Waals surface area (Å²) in [7, 11) is 0. The molecule has 8 heteroatoms. The molecule has 2 N–H and O–H groups in total. The minimum Gasteiger partial charge on any atom is -0.325 e. The SMILES string of the molecule is Cc1cc(Br)ccc1NC(=O)C(C)SCc1nc2sc(C)c(C)c2c(=O)[nH]1. The number of H-pyrrole nitrogens is 1. The summed E-state index contributed by atoms with van der Waals surface area (Å²) in [6, 6.07) is 5.74. The fraction of sp³-hybridized carbons (Fsp3) is 0.316. The number of halogens is 1. The Hall–Kier alpha value is -1.64. The fourth-order valence-corrected chi connectivity index (χ4v) is 4.93. The first kappa shape index (κ1) is 20.1. The summed E-state index contributed by atoms with van der Waals surface area (Å²) in [6.45, 7) is 7.74. The first-order valence-electron chi connectivity index (χ1n) is 8.43. The number of nitrogens with zero attached hydrogens (tertiary/aromatic N) is 1. The zero-order valence-corrected chi connectivity index (χ0v) is 18.7. The Bertz CT molecular complexity index is 1070. The summed E-state index contributed by atoms with van der Waals surface area (Å²) in [4.78, 5) is 34.1. The van der Waals surface area contributed by atoms with Crippen molar-refractivity contribution in [1.82, 2.24) is 9.97 Å². The number of aromatic nitrogens is 2. The molecule has 3 rings (SSSR count). The van der Waals surface area contributed by atoms with Gasteiger partial charge in [0.1, 0.15) is 10.7 Å². The minimum absolute atomic E-state index is 0.0725. The molecule has 142 valence electrons. The van der Waals surface area contributed by atoms with Gasteiger partial charge in [0.2, 0.25) is 5.91 Å². The summed E-state index contributed by atoms with van der Waals surface area (Å²) in [5.74, 6) is 0.990. The molecule has 3 aromatic rings. The lowest BCUT2D eigenvalue weighted by Crippen LogP contribution is -2.23. The van der Waals surface area contributed by atoms with Gasteiger partial charge in [-0.15, -0.1) is 23.1 Å². The van der Waals surface area contributed by atoms with Crippen molar-refractivity contribution in [2.45, 2.75) is 38.7 Å². The van der Waals surface area contributed by atoms with Crippen molar-refractivity contribution in [1.29, 1.82) is 0 Å². The maximum absolute atomic E-state index is 12.5. The fourth-order valence-electron chi connectivity index (χ4n) is 2.65. The highest BCUT2D eigenvalue weighted by Gasteiger charge is 2.17. The molecule has 0 fully saturated rings. The summed E-state index contributed by atoms with van der Waals surface area (Å²) in [5.41, 5.74) is 2.67. The number of hydrogen-bond donors (Lipinski definition) is 2. The molecule has 0 spiro atoms. The van der Waals surface area contributed by atoms with Crippen LogP contribution in [0.5, 0.6) is 0 Å². The average Bonchev–Trinajstić information content (AvgIpc) is 2.89. The normalized spacial score (nSPS) is 12.3. The van der Waals surface area contributed by atoms with E-state index in [4.69, 9.17) is 0 Å². The quantitative estimate of drug-likeness (QED) is 0.559. The summed E-state index contributed by atoms with van der Waals surface area (Å²) >= 11 is 6.39. The summed E-state index contributed by atoms with van der Waals surface area (Å²) < 4.78 is 0.977. The van der Waals surface area contributed by atoms with Crippen LogP contribution in [0.25, 0.3) is 10.2 Å². The second-order valence-corrected chi connectivity index (χ2v) is 9.83. The van der Waals surface area contributed by atoms with Gasteiger partial charge in [0.05, 0.1) is 16.4 Å². The van der Waals surface area contributed by atoms with Crippen LogP contribution in [0, 0.1) is 20.8 Å². The maximum atomic E-state index is 12.5. The molecular formula is C19H20BrN3O2S2. The highest BCUT2D eigenvalue weighted by Crippen LogP contribution is 2.27. The van der Waals surface area contributed by atoms with E-state index < -0.39 is 0 Å². The number of thioether (sulfide) groups is 1. The van der Waals surface area contributed by atoms with Gasteiger partial charge in [-0.2, -0.15) is 0 Å². The van der Waals surface area contributed by atoms with Crippen LogP contribution < -0.4 is 10.9 Å². The van der Waals surface area contributed by atoms with Crippen molar-refractivity contribution in [3.63, 3.8) is 0 Å². The number of aromatic amines is 1. The summed E-state index contributed by atoms with van der Waals surface area (Å²) in [5, 5.41) is 3.35. The van der Waals surface area contributed by atoms with Crippen LogP contribution in [-0.4, -0.2) is 21.1 Å². The zero-order chi connectivity index (χ0) is 19.7. The van der Waals surface area contributed by atoms with Gasteiger partial charge < -0.3 is 10.3 Å². The molecule has 0 radical (unpaired) electrons. The Morgan fingerprint density at radius 3 is 2.81 bits per heavy atom. The topological polar surface area (TPSA) is 74.8 Å². The molecule has 27 heavy (non-hydrogen) atoms. The average molecular weight is 466 g/mol. The van der Waals surface area contributed by atoms with E-state index in [1.165, 1.54) is 23.1 Å². The van der Waals surface area contributed by atoms with E-state index in [1.807, 2.05) is 45.9 Å². The van der Waals surface area contributed by atoms with E-state index in [2.05, 4.69) is 31.2 Å². The van der Waals surface area contributed by atoms with E-state index in [0.717, 1.165) is 31.0 Å². The number of rotatable bonds is 5. The largest absolute Gasteiger partial charge is 0.325 e. The number of carbonyl (C=O) groups excluding carboxylic acids is 1. The summed E-state index contributed by atoms with van der Waals surface area (Å²) in [6.07, 6.45) is 0. The lowest BCUT2D eigenvalue weighted by Gasteiger charge is -2.13. The number of anilines is 1. The lowest BCUT2D eigenvalue weighted by molar-refractivity contribution is -0.115. The van der Waals surface area contributed by atoms with Gasteiger partial charge in [0.25, 0.3) is 5.56 Å². The van der Waals surface area contributed by atoms with Crippen molar-refractivity contribution < 1.29 is 4.79 Å². The number of benzene rings is 1. The molecule has 5 nitrogen and oxygen atoms in total. The van der Waals surface area contributed by atoms with Gasteiger partial charge in [-0.1, -0.05) is 15.9 Å². The number of fused-ring (bicyclic) bond motifs is 1. The van der Waals surface area contributed by atoms with Crippen LogP contribution in [0.15, 0.2) is 27.5 Å². The monoisotopic (exact) mass is 465 g/mol. The zero-order valence-electron chi connectivity index (χ0n) is 15.5. The lowest BCUT2D eigenvalue weighted by atomic mass is 10.2. The van der Waals surface area contributed by atoms with Crippen molar-refractivity contribution in [2.24, 2.45) is 0 Å². The van der Waals surface area contributed by atoms with Gasteiger partial charge in [-0.3, -0.25) is 9.59 Å². The van der Waals surface area contributed by atoms with Crippen LogP contribution in [0.3, 0.4) is 0 Å². The first-order valence-corrected chi connectivity index (χ1v) is 11.1. The number of nitrogens with one attached hydrogen (secondary N) is 2. The third kappa shape index (κ3) is 4.44. The number of thiophene rings is 1. The van der Waals surface area contributed by atoms with E-state index >= 15 is 0 Å². The van der Waals surface area contributed by atoms with Crippen molar-refractivity contribution in [3.05, 3.63) is 54.9 Å². The Morgan fingerprint density at radius 1 is 1.37 bits per heavy atom. The Kier molecular flexibility index (Phi) is 6.08. The van der Waals surface area contributed by atoms with Gasteiger partial charge in [-0.05, 0) is 57.0 Å². The maximum Gasteiger partial charge on any atom is 0.259 e. The van der Waals surface area contributed by atoms with Gasteiger partial charge in [0.15, 0.2) is 0 Å². The molecule has 0 aliphatic carbocycles. The third-order valence-corrected chi connectivity index (χ3v) is 7.12. The van der Waals surface area contributed by atoms with Gasteiger partial charge in [-0.25, -0.2) is 4.98 Å². The van der Waals surface area contributed by atoms with E-state index in [-0.39, 0.29) is 16.7 Å². The molecule has 1 amide bonds. The van der Waals surface area contributed by atoms with E-state index in [1.54, 1.807) is 0 Å². The highest BCUT2D eigenvalue weighted by atomic mass is 79.9. The smallest absolute Gasteiger partial charge is 0.259 e. The van der Waals surface area contributed by atoms with Crippen LogP contribution in [0.2, 0.25) is 0 Å². The molecule has 2 aromatic heterocycles. The molecule has 1 atom stereocenters. The van der Waals surface area contributed by atoms with Crippen molar-refractivity contribution in [3.8, 4) is 0 Å². The number of hydrogen-bond acceptors (Lipinski definition) is 5. The molecule has 1 unspecified atom stereocenters. The molecule has 0 aliphatic rings. The van der Waals surface area contributed by atoms with Crippen molar-refractivity contribution >= 4 is 60.8 Å². The molecule has 0 aliphatic heterocycles. The predicted octanol–water partition coefficient (Wildman–Crippen LogP) is 4.93. The van der Waals surface area contributed by atoms with Gasteiger partial charge in [0, 0.05) is 15.0 Å². The van der Waals surface area contributed by atoms with Crippen LogP contribution in [0.1, 0.15) is 28.8 Å². The molecule has 2 heterocycles. The van der Waals surface area contributed by atoms with Crippen LogP contribution >= 0.6 is 39.0 Å². The van der Waals surface area contributed by atoms with E-state index in [9.17, 15) is 9.59 Å². The molecular weight excluding hydrogens is 446 g/mol. The minimum atomic E-state index is -0.277. The standard InChI is InChI=1S/C19H20BrN3O2S2/c1-9-7-13(20)5-6-14(9)21-17(24)12(4)26-8-15-22-18(25)16-10(2)11(3)27-19(16)23-15/h5-7,12H,8H2,1-4H3,(H,21,24)(H,22,23,25). The third-order valence-electron chi connectivity index (χ3n) is 4.37. The second-order valence-electron chi connectivity index (χ2n) is 6.38. The molecule has 0 saturated carbocycles. The number of amides is 1. The second kappa shape index (κ2) is 8.16. The number of aryl methyl sites for hydroxylation is 3. The van der Waals surface area contributed by atoms with E-state index in [0.29, 0.717) is 17.0 Å². The Balaban J connectivity index is 1.68. The van der Waals surface area contributed by atoms with Crippen molar-refractivity contribution in [2.75, 3.05) is 5.32 Å². The molecule has 1 aromatic carbocycles.